The first kappa shape index (κ1) is 10.8. The maximum Gasteiger partial charge on any atom is 0.100 e. The first-order chi connectivity index (χ1) is 8.25. The van der Waals surface area contributed by atoms with Gasteiger partial charge in [0.1, 0.15) is 6.33 Å². The van der Waals surface area contributed by atoms with E-state index < -0.39 is 0 Å². The lowest BCUT2D eigenvalue weighted by Crippen LogP contribution is -1.93. The standard InChI is InChI=1S/C14H11IN2/c1-10-7-12(15)14-13(8-10)16-9-17(14)11-5-3-2-4-6-11/h2-9H,1H3. The molecule has 0 saturated heterocycles. The van der Waals surface area contributed by atoms with Crippen molar-refractivity contribution in [3.63, 3.8) is 0 Å². The number of para-hydroxylation sites is 1. The summed E-state index contributed by atoms with van der Waals surface area (Å²) in [6.07, 6.45) is 1.89. The first-order valence-electron chi connectivity index (χ1n) is 5.44. The Bertz CT molecular complexity index is 671. The third-order valence-corrected chi connectivity index (χ3v) is 3.60. The Kier molecular flexibility index (Phi) is 2.63. The molecule has 2 nitrogen and oxygen atoms in total. The lowest BCUT2D eigenvalue weighted by Gasteiger charge is -2.05. The molecular formula is C14H11IN2. The maximum atomic E-state index is 4.47. The largest absolute Gasteiger partial charge is 0.298 e. The van der Waals surface area contributed by atoms with Gasteiger partial charge in [0.25, 0.3) is 0 Å². The van der Waals surface area contributed by atoms with Gasteiger partial charge in [-0.1, -0.05) is 18.2 Å². The van der Waals surface area contributed by atoms with Crippen molar-refractivity contribution < 1.29 is 0 Å². The van der Waals surface area contributed by atoms with Crippen molar-refractivity contribution in [3.8, 4) is 5.69 Å². The van der Waals surface area contributed by atoms with E-state index in [1.54, 1.807) is 0 Å². The zero-order valence-corrected chi connectivity index (χ0v) is 11.5. The maximum absolute atomic E-state index is 4.47. The van der Waals surface area contributed by atoms with Crippen molar-refractivity contribution in [1.82, 2.24) is 9.55 Å². The number of imidazole rings is 1. The second-order valence-corrected chi connectivity index (χ2v) is 5.23. The van der Waals surface area contributed by atoms with E-state index in [0.717, 1.165) is 11.2 Å². The highest BCUT2D eigenvalue weighted by Crippen LogP contribution is 2.24. The molecule has 3 aromatic rings. The van der Waals surface area contributed by atoms with Gasteiger partial charge in [-0.2, -0.15) is 0 Å². The summed E-state index contributed by atoms with van der Waals surface area (Å²) in [5.74, 6) is 0. The molecule has 0 bridgehead atoms. The van der Waals surface area contributed by atoms with E-state index in [2.05, 4.69) is 63.3 Å². The van der Waals surface area contributed by atoms with Crippen LogP contribution in [0.25, 0.3) is 16.7 Å². The Labute approximate surface area is 113 Å². The molecule has 0 fully saturated rings. The molecule has 2 aromatic carbocycles. The van der Waals surface area contributed by atoms with Crippen LogP contribution < -0.4 is 0 Å². The van der Waals surface area contributed by atoms with E-state index in [1.807, 2.05) is 24.5 Å². The van der Waals surface area contributed by atoms with Crippen LogP contribution >= 0.6 is 22.6 Å². The highest BCUT2D eigenvalue weighted by atomic mass is 127. The summed E-state index contributed by atoms with van der Waals surface area (Å²) in [7, 11) is 0. The molecule has 1 heterocycles. The molecule has 0 aliphatic carbocycles. The number of benzene rings is 2. The molecular weight excluding hydrogens is 323 g/mol. The van der Waals surface area contributed by atoms with Crippen LogP contribution in [0.15, 0.2) is 48.8 Å². The highest BCUT2D eigenvalue weighted by Gasteiger charge is 2.08. The fraction of sp³-hybridized carbons (Fsp3) is 0.0714. The average molecular weight is 334 g/mol. The SMILES string of the molecule is Cc1cc(I)c2c(c1)ncn2-c1ccccc1. The summed E-state index contributed by atoms with van der Waals surface area (Å²) in [6, 6.07) is 14.6. The smallest absolute Gasteiger partial charge is 0.100 e. The van der Waals surface area contributed by atoms with Gasteiger partial charge in [0, 0.05) is 9.26 Å². The minimum atomic E-state index is 1.05. The Morgan fingerprint density at radius 3 is 2.65 bits per heavy atom. The van der Waals surface area contributed by atoms with Crippen LogP contribution in [0.1, 0.15) is 5.56 Å². The zero-order valence-electron chi connectivity index (χ0n) is 9.39. The molecule has 0 aliphatic heterocycles. The van der Waals surface area contributed by atoms with E-state index >= 15 is 0 Å². The predicted molar refractivity (Wildman–Crippen MR) is 78.5 cm³/mol. The summed E-state index contributed by atoms with van der Waals surface area (Å²) < 4.78 is 3.37. The van der Waals surface area contributed by atoms with Crippen molar-refractivity contribution in [2.45, 2.75) is 6.92 Å². The second kappa shape index (κ2) is 4.14. The lowest BCUT2D eigenvalue weighted by atomic mass is 10.2. The number of aryl methyl sites for hydroxylation is 1. The monoisotopic (exact) mass is 334 g/mol. The predicted octanol–water partition coefficient (Wildman–Crippen LogP) is 3.94. The van der Waals surface area contributed by atoms with Gasteiger partial charge in [-0.05, 0) is 59.3 Å². The molecule has 17 heavy (non-hydrogen) atoms. The minimum absolute atomic E-state index is 1.05. The molecule has 0 radical (unpaired) electrons. The zero-order chi connectivity index (χ0) is 11.8. The summed E-state index contributed by atoms with van der Waals surface area (Å²) in [6.45, 7) is 2.10. The van der Waals surface area contributed by atoms with Gasteiger partial charge < -0.3 is 0 Å². The quantitative estimate of drug-likeness (QED) is 0.617. The highest BCUT2D eigenvalue weighted by molar-refractivity contribution is 14.1. The summed E-state index contributed by atoms with van der Waals surface area (Å²) >= 11 is 2.37. The van der Waals surface area contributed by atoms with Crippen molar-refractivity contribution >= 4 is 33.6 Å². The van der Waals surface area contributed by atoms with Gasteiger partial charge in [0.05, 0.1) is 11.0 Å². The lowest BCUT2D eigenvalue weighted by molar-refractivity contribution is 1.09. The second-order valence-electron chi connectivity index (χ2n) is 4.06. The Balaban J connectivity index is 2.32. The molecule has 0 spiro atoms. The van der Waals surface area contributed by atoms with Crippen LogP contribution in [-0.2, 0) is 0 Å². The molecule has 84 valence electrons. The molecule has 0 atom stereocenters. The topological polar surface area (TPSA) is 17.8 Å². The van der Waals surface area contributed by atoms with Gasteiger partial charge in [0.15, 0.2) is 0 Å². The number of hydrogen-bond acceptors (Lipinski definition) is 1. The van der Waals surface area contributed by atoms with Crippen molar-refractivity contribution in [1.29, 1.82) is 0 Å². The molecule has 3 heteroatoms. The van der Waals surface area contributed by atoms with Crippen LogP contribution in [0.2, 0.25) is 0 Å². The number of hydrogen-bond donors (Lipinski definition) is 0. The van der Waals surface area contributed by atoms with Crippen LogP contribution in [0, 0.1) is 10.5 Å². The third-order valence-electron chi connectivity index (χ3n) is 2.78. The summed E-state index contributed by atoms with van der Waals surface area (Å²) in [5.41, 5.74) is 4.64. The Morgan fingerprint density at radius 2 is 1.88 bits per heavy atom. The number of nitrogens with zero attached hydrogens (tertiary/aromatic N) is 2. The number of rotatable bonds is 1. The minimum Gasteiger partial charge on any atom is -0.298 e. The van der Waals surface area contributed by atoms with Crippen molar-refractivity contribution in [2.75, 3.05) is 0 Å². The van der Waals surface area contributed by atoms with Crippen LogP contribution in [0.3, 0.4) is 0 Å². The van der Waals surface area contributed by atoms with E-state index in [9.17, 15) is 0 Å². The van der Waals surface area contributed by atoms with E-state index in [4.69, 9.17) is 0 Å². The van der Waals surface area contributed by atoms with Gasteiger partial charge in [0.2, 0.25) is 0 Å². The summed E-state index contributed by atoms with van der Waals surface area (Å²) in [4.78, 5) is 4.47. The van der Waals surface area contributed by atoms with E-state index in [-0.39, 0.29) is 0 Å². The van der Waals surface area contributed by atoms with Gasteiger partial charge in [-0.15, -0.1) is 0 Å². The number of aromatic nitrogens is 2. The molecule has 0 amide bonds. The molecule has 0 aliphatic rings. The first-order valence-corrected chi connectivity index (χ1v) is 6.52. The fourth-order valence-corrected chi connectivity index (χ4v) is 3.04. The third kappa shape index (κ3) is 1.84. The van der Waals surface area contributed by atoms with Gasteiger partial charge in [-0.25, -0.2) is 4.98 Å². The molecule has 3 rings (SSSR count). The molecule has 0 N–H and O–H groups in total. The Hall–Kier alpha value is -1.36. The van der Waals surface area contributed by atoms with Gasteiger partial charge >= 0.3 is 0 Å². The molecule has 1 aromatic heterocycles. The van der Waals surface area contributed by atoms with Crippen molar-refractivity contribution in [2.24, 2.45) is 0 Å². The number of halogens is 1. The fourth-order valence-electron chi connectivity index (χ4n) is 2.02. The van der Waals surface area contributed by atoms with Gasteiger partial charge in [-0.3, -0.25) is 4.57 Å². The number of fused-ring (bicyclic) bond motifs is 1. The van der Waals surface area contributed by atoms with Crippen LogP contribution in [0.4, 0.5) is 0 Å². The normalized spacial score (nSPS) is 10.9. The van der Waals surface area contributed by atoms with E-state index in [0.29, 0.717) is 0 Å². The summed E-state index contributed by atoms with van der Waals surface area (Å²) in [5, 5.41) is 0. The van der Waals surface area contributed by atoms with Crippen LogP contribution in [0.5, 0.6) is 0 Å². The average Bonchev–Trinajstić information content (AvgIpc) is 2.74. The van der Waals surface area contributed by atoms with Crippen LogP contribution in [-0.4, -0.2) is 9.55 Å². The Morgan fingerprint density at radius 1 is 1.12 bits per heavy atom. The van der Waals surface area contributed by atoms with E-state index in [1.165, 1.54) is 14.7 Å². The molecule has 0 unspecified atom stereocenters. The van der Waals surface area contributed by atoms with Crippen molar-refractivity contribution in [3.05, 3.63) is 57.9 Å². The molecule has 0 saturated carbocycles.